The van der Waals surface area contributed by atoms with E-state index in [-0.39, 0.29) is 111 Å². The largest absolute Gasteiger partial charge is 0.491 e. The SMILES string of the molecule is CC(COCC(C)N(CCC(O)Oc1ccc(C(C)(C)c2ccc(OCC3CO3)cc2)cc1)CC(O)COc1ccc(C(C)(C)c2ccc(OCC3CO3)cc2)cc1)N(CCC(O)Oc1ccc(C(C)(C)c2ccc(OCC3CO3)cc2)cc1)CC(O)COc1ccc(C(C)(C)c2ccc(OCC3CO3)cc2)cc1. The minimum Gasteiger partial charge on any atom is -0.491 e. The lowest BCUT2D eigenvalue weighted by molar-refractivity contribution is -0.0467. The fourth-order valence-electron chi connectivity index (χ4n) is 13.4. The number of rotatable bonds is 46. The first kappa shape index (κ1) is 80.2. The average Bonchev–Trinajstić information content (AvgIpc) is 1.77. The highest BCUT2D eigenvalue weighted by Crippen LogP contribution is 2.39. The molecule has 0 aromatic heterocycles. The predicted molar refractivity (Wildman–Crippen MR) is 419 cm³/mol. The van der Waals surface area contributed by atoms with Crippen molar-refractivity contribution in [1.29, 1.82) is 0 Å². The van der Waals surface area contributed by atoms with Crippen LogP contribution in [0, 0.1) is 0 Å². The molecule has 584 valence electrons. The van der Waals surface area contributed by atoms with Crippen LogP contribution in [0.5, 0.6) is 46.0 Å². The summed E-state index contributed by atoms with van der Waals surface area (Å²) < 4.78 is 76.3. The van der Waals surface area contributed by atoms with Gasteiger partial charge in [0.15, 0.2) is 12.6 Å². The first-order valence-electron chi connectivity index (χ1n) is 38.6. The van der Waals surface area contributed by atoms with Gasteiger partial charge in [-0.15, -0.1) is 0 Å². The Bertz CT molecular complexity index is 3790. The molecular weight excluding hydrogens is 1380 g/mol. The maximum absolute atomic E-state index is 11.8. The second kappa shape index (κ2) is 36.7. The summed E-state index contributed by atoms with van der Waals surface area (Å²) >= 11 is 0. The third-order valence-electron chi connectivity index (χ3n) is 21.6. The van der Waals surface area contributed by atoms with Gasteiger partial charge in [-0.05, 0) is 155 Å². The Morgan fingerprint density at radius 3 is 0.725 bits per heavy atom. The molecule has 8 aromatic rings. The van der Waals surface area contributed by atoms with Gasteiger partial charge in [-0.25, -0.2) is 0 Å². The summed E-state index contributed by atoms with van der Waals surface area (Å²) in [5, 5.41) is 46.7. The summed E-state index contributed by atoms with van der Waals surface area (Å²) in [6, 6.07) is 63.9. The molecule has 4 saturated heterocycles. The number of aliphatic hydroxyl groups excluding tert-OH is 4. The average molecular weight is 1490 g/mol. The van der Waals surface area contributed by atoms with Gasteiger partial charge in [-0.3, -0.25) is 9.80 Å². The molecule has 0 spiro atoms. The van der Waals surface area contributed by atoms with Gasteiger partial charge >= 0.3 is 0 Å². The summed E-state index contributed by atoms with van der Waals surface area (Å²) in [4.78, 5) is 4.17. The normalized spacial score (nSPS) is 18.6. The number of hydrogen-bond donors (Lipinski definition) is 4. The van der Waals surface area contributed by atoms with Crippen LogP contribution in [0.2, 0.25) is 0 Å². The molecule has 10 atom stereocenters. The molecule has 0 saturated carbocycles. The number of nitrogens with zero attached hydrogens (tertiary/aromatic N) is 2. The molecule has 4 aliphatic rings. The zero-order chi connectivity index (χ0) is 76.7. The molecule has 10 unspecified atom stereocenters. The molecule has 12 rings (SSSR count). The van der Waals surface area contributed by atoms with E-state index in [1.807, 2.05) is 135 Å². The van der Waals surface area contributed by atoms with Crippen LogP contribution in [-0.2, 0) is 45.3 Å². The molecule has 4 heterocycles. The Hall–Kier alpha value is -8.28. The van der Waals surface area contributed by atoms with Gasteiger partial charge < -0.3 is 82.0 Å². The van der Waals surface area contributed by atoms with Gasteiger partial charge in [0, 0.05) is 72.8 Å². The van der Waals surface area contributed by atoms with Gasteiger partial charge in [0.25, 0.3) is 0 Å². The minimum atomic E-state index is -1.17. The van der Waals surface area contributed by atoms with Crippen LogP contribution in [0.3, 0.4) is 0 Å². The maximum atomic E-state index is 11.8. The summed E-state index contributed by atoms with van der Waals surface area (Å²) in [5.74, 6) is 5.53. The lowest BCUT2D eigenvalue weighted by Gasteiger charge is -2.34. The molecule has 4 N–H and O–H groups in total. The topological polar surface area (TPSA) is 221 Å². The van der Waals surface area contributed by atoms with Crippen LogP contribution < -0.4 is 37.9 Å². The summed E-state index contributed by atoms with van der Waals surface area (Å²) in [6.45, 7) is 28.3. The van der Waals surface area contributed by atoms with Crippen molar-refractivity contribution < 1.29 is 82.0 Å². The Balaban J connectivity index is 0.681. The first-order chi connectivity index (χ1) is 52.4. The van der Waals surface area contributed by atoms with E-state index < -0.39 is 24.8 Å². The van der Waals surface area contributed by atoms with Gasteiger partial charge in [0.1, 0.15) is 122 Å². The van der Waals surface area contributed by atoms with Crippen LogP contribution in [0.4, 0.5) is 0 Å². The van der Waals surface area contributed by atoms with Crippen molar-refractivity contribution in [2.45, 2.75) is 165 Å². The van der Waals surface area contributed by atoms with Crippen LogP contribution >= 0.6 is 0 Å². The number of benzene rings is 8. The minimum absolute atomic E-state index is 0.0159. The van der Waals surface area contributed by atoms with Crippen molar-refractivity contribution in [2.75, 3.05) is 105 Å². The Morgan fingerprint density at radius 2 is 0.514 bits per heavy atom. The fourth-order valence-corrected chi connectivity index (χ4v) is 13.4. The zero-order valence-corrected chi connectivity index (χ0v) is 65.0. The van der Waals surface area contributed by atoms with Crippen molar-refractivity contribution >= 4 is 0 Å². The lowest BCUT2D eigenvalue weighted by Crippen LogP contribution is -2.46. The molecule has 4 aliphatic heterocycles. The highest BCUT2D eigenvalue weighted by molar-refractivity contribution is 5.46. The van der Waals surface area contributed by atoms with Gasteiger partial charge in [-0.2, -0.15) is 0 Å². The molecule has 19 heteroatoms. The predicted octanol–water partition coefficient (Wildman–Crippen LogP) is 13.3. The van der Waals surface area contributed by atoms with Crippen molar-refractivity contribution in [3.8, 4) is 46.0 Å². The molecule has 4 fully saturated rings. The van der Waals surface area contributed by atoms with Crippen molar-refractivity contribution in [1.82, 2.24) is 9.80 Å². The third-order valence-corrected chi connectivity index (χ3v) is 21.6. The van der Waals surface area contributed by atoms with Crippen LogP contribution in [-0.4, -0.2) is 197 Å². The van der Waals surface area contributed by atoms with Gasteiger partial charge in [0.2, 0.25) is 0 Å². The molecular formula is C90H112N2O17. The lowest BCUT2D eigenvalue weighted by atomic mass is 9.78. The first-order valence-corrected chi connectivity index (χ1v) is 38.6. The zero-order valence-electron chi connectivity index (χ0n) is 65.0. The van der Waals surface area contributed by atoms with E-state index in [4.69, 9.17) is 61.6 Å². The molecule has 19 nitrogen and oxygen atoms in total. The molecule has 109 heavy (non-hydrogen) atoms. The van der Waals surface area contributed by atoms with E-state index in [9.17, 15) is 20.4 Å². The van der Waals surface area contributed by atoms with Crippen molar-refractivity contribution in [3.63, 3.8) is 0 Å². The molecule has 0 radical (unpaired) electrons. The third kappa shape index (κ3) is 23.4. The summed E-state index contributed by atoms with van der Waals surface area (Å²) in [6.07, 6.45) is -3.01. The molecule has 0 aliphatic carbocycles. The van der Waals surface area contributed by atoms with E-state index >= 15 is 0 Å². The van der Waals surface area contributed by atoms with Gasteiger partial charge in [-0.1, -0.05) is 152 Å². The van der Waals surface area contributed by atoms with Crippen LogP contribution in [0.15, 0.2) is 194 Å². The molecule has 8 aromatic carbocycles. The second-order valence-corrected chi connectivity index (χ2v) is 31.6. The number of epoxide rings is 4. The van der Waals surface area contributed by atoms with E-state index in [0.29, 0.717) is 62.5 Å². The fraction of sp³-hybridized carbons (Fsp3) is 0.467. The smallest absolute Gasteiger partial charge is 0.198 e. The van der Waals surface area contributed by atoms with E-state index in [2.05, 4.69) is 138 Å². The second-order valence-electron chi connectivity index (χ2n) is 31.6. The number of ether oxygens (including phenoxy) is 13. The molecule has 0 bridgehead atoms. The van der Waals surface area contributed by atoms with E-state index in [0.717, 1.165) is 93.9 Å². The molecule has 0 amide bonds. The summed E-state index contributed by atoms with van der Waals surface area (Å²) in [5.41, 5.74) is 7.64. The van der Waals surface area contributed by atoms with Gasteiger partial charge in [0.05, 0.1) is 39.6 Å². The van der Waals surface area contributed by atoms with E-state index in [1.54, 1.807) is 0 Å². The number of aliphatic hydroxyl groups is 4. The maximum Gasteiger partial charge on any atom is 0.198 e. The van der Waals surface area contributed by atoms with Crippen LogP contribution in [0.1, 0.15) is 127 Å². The summed E-state index contributed by atoms with van der Waals surface area (Å²) in [7, 11) is 0. The van der Waals surface area contributed by atoms with Crippen LogP contribution in [0.25, 0.3) is 0 Å². The Labute approximate surface area is 643 Å². The quantitative estimate of drug-likeness (QED) is 0.0206. The van der Waals surface area contributed by atoms with Crippen molar-refractivity contribution in [3.05, 3.63) is 239 Å². The van der Waals surface area contributed by atoms with E-state index in [1.165, 1.54) is 0 Å². The monoisotopic (exact) mass is 1490 g/mol. The van der Waals surface area contributed by atoms with Crippen molar-refractivity contribution in [2.24, 2.45) is 0 Å². The highest BCUT2D eigenvalue weighted by Gasteiger charge is 2.32. The number of hydrogen-bond acceptors (Lipinski definition) is 19. The Kier molecular flexibility index (Phi) is 27.0. The highest BCUT2D eigenvalue weighted by atomic mass is 16.6. The Morgan fingerprint density at radius 1 is 0.312 bits per heavy atom. The standard InChI is InChI=1S/C90H112N2O17/c1-61(91(45-43-85(95)108-79-39-23-69(24-40-79)89(7,8)67-19-35-77(36-20-67)102-55-83-59-106-83)47-71(93)51-98-73-27-11-63(12-28-73)87(3,4)65-15-31-75(32-16-65)100-53-81-57-104-81)49-97-50-62(2)92(46-44-86(96)109-80-41-25-70(26-42-80)90(9,10)68-21-37-78(38-22-68)103-56-84-60-107-84)48-72(94)52-99-74-29-13-64(14-30-74)88(5,6)66-17-33-76(34-18-66)101-54-82-58-105-82/h11-42,61-62,71-72,81-86,93-96H,43-60H2,1-10H3.